The highest BCUT2D eigenvalue weighted by atomic mass is 32.2. The maximum atomic E-state index is 13.1. The van der Waals surface area contributed by atoms with Crippen LogP contribution in [-0.4, -0.2) is 84.0 Å². The van der Waals surface area contributed by atoms with E-state index in [9.17, 15) is 24.3 Å². The zero-order valence-corrected chi connectivity index (χ0v) is 23.0. The first-order valence-electron chi connectivity index (χ1n) is 12.6. The molecule has 4 atom stereocenters. The van der Waals surface area contributed by atoms with Crippen molar-refractivity contribution < 1.29 is 24.3 Å². The number of nitrogens with one attached hydrogen (secondary N) is 3. The number of hydrogen-bond acceptors (Lipinski definition) is 8. The number of carbonyl (C=O) groups is 4. The van der Waals surface area contributed by atoms with E-state index in [0.29, 0.717) is 50.9 Å². The van der Waals surface area contributed by atoms with Crippen molar-refractivity contribution in [3.05, 3.63) is 0 Å². The highest BCUT2D eigenvalue weighted by Crippen LogP contribution is 2.09. The Bertz CT molecular complexity index is 749. The predicted molar refractivity (Wildman–Crippen MR) is 147 cm³/mol. The van der Waals surface area contributed by atoms with Crippen LogP contribution in [0.1, 0.15) is 58.8 Å². The SMILES string of the molecule is CSCCC(NC(=O)C(N)CCCN=C(N)N)C(=O)NC(CCCCN)C(=O)NC(CC(C)C)C(=O)O. The highest BCUT2D eigenvalue weighted by Gasteiger charge is 2.30. The van der Waals surface area contributed by atoms with E-state index in [-0.39, 0.29) is 24.7 Å². The molecule has 0 saturated carbocycles. The number of carboxylic acids is 1. The first-order chi connectivity index (χ1) is 17.4. The van der Waals surface area contributed by atoms with E-state index in [0.717, 1.165) is 0 Å². The molecule has 0 radical (unpaired) electrons. The van der Waals surface area contributed by atoms with E-state index in [4.69, 9.17) is 22.9 Å². The molecule has 0 aromatic rings. The molecule has 12 N–H and O–H groups in total. The molecule has 0 aliphatic carbocycles. The molecule has 13 nitrogen and oxygen atoms in total. The molecule has 0 rings (SSSR count). The lowest BCUT2D eigenvalue weighted by Gasteiger charge is -2.25. The molecule has 0 aromatic carbocycles. The van der Waals surface area contributed by atoms with Gasteiger partial charge in [-0.15, -0.1) is 0 Å². The second-order valence-electron chi connectivity index (χ2n) is 9.27. The molecule has 0 aliphatic rings. The maximum absolute atomic E-state index is 13.1. The van der Waals surface area contributed by atoms with Gasteiger partial charge in [0.1, 0.15) is 18.1 Å². The number of aliphatic imine (C=N–C) groups is 1. The van der Waals surface area contributed by atoms with E-state index < -0.39 is 47.9 Å². The summed E-state index contributed by atoms with van der Waals surface area (Å²) >= 11 is 1.50. The first kappa shape index (κ1) is 34.4. The number of carboxylic acid groups (broad SMARTS) is 1. The van der Waals surface area contributed by atoms with E-state index in [1.807, 2.05) is 20.1 Å². The Kier molecular flexibility index (Phi) is 18.2. The van der Waals surface area contributed by atoms with E-state index >= 15 is 0 Å². The second kappa shape index (κ2) is 19.5. The summed E-state index contributed by atoms with van der Waals surface area (Å²) < 4.78 is 0. The molecule has 0 bridgehead atoms. The van der Waals surface area contributed by atoms with Crippen LogP contribution in [0.25, 0.3) is 0 Å². The zero-order valence-electron chi connectivity index (χ0n) is 22.2. The van der Waals surface area contributed by atoms with Crippen LogP contribution < -0.4 is 38.9 Å². The fraction of sp³-hybridized carbons (Fsp3) is 0.783. The minimum absolute atomic E-state index is 0.0430. The monoisotopic (exact) mass is 546 g/mol. The summed E-state index contributed by atoms with van der Waals surface area (Å²) in [6, 6.07) is -3.84. The maximum Gasteiger partial charge on any atom is 0.326 e. The number of amides is 3. The standard InChI is InChI=1S/C23H46N8O5S/c1-14(2)13-18(22(35)36)31-20(33)16(8-4-5-10-24)30-21(34)17(9-12-37-3)29-19(32)15(25)7-6-11-28-23(26)27/h14-18H,4-13,24-25H2,1-3H3,(H,29,32)(H,30,34)(H,31,33)(H,35,36)(H4,26,27,28). The van der Waals surface area contributed by atoms with Crippen molar-refractivity contribution in [2.45, 2.75) is 83.0 Å². The normalized spacial score (nSPS) is 14.2. The van der Waals surface area contributed by atoms with Crippen molar-refractivity contribution in [2.75, 3.05) is 25.1 Å². The smallest absolute Gasteiger partial charge is 0.326 e. The van der Waals surface area contributed by atoms with Gasteiger partial charge >= 0.3 is 5.97 Å². The molecule has 0 fully saturated rings. The van der Waals surface area contributed by atoms with E-state index in [1.54, 1.807) is 0 Å². The Balaban J connectivity index is 5.39. The Labute approximate surface area is 223 Å². The fourth-order valence-electron chi connectivity index (χ4n) is 3.43. The van der Waals surface area contributed by atoms with Crippen molar-refractivity contribution in [1.29, 1.82) is 0 Å². The number of unbranched alkanes of at least 4 members (excludes halogenated alkanes) is 1. The zero-order chi connectivity index (χ0) is 28.4. The van der Waals surface area contributed by atoms with Gasteiger partial charge in [-0.2, -0.15) is 11.8 Å². The van der Waals surface area contributed by atoms with Crippen LogP contribution >= 0.6 is 11.8 Å². The third-order valence-corrected chi connectivity index (χ3v) is 6.09. The molecule has 4 unspecified atom stereocenters. The van der Waals surface area contributed by atoms with Crippen molar-refractivity contribution in [1.82, 2.24) is 16.0 Å². The van der Waals surface area contributed by atoms with Gasteiger partial charge in [0.2, 0.25) is 17.7 Å². The third kappa shape index (κ3) is 16.0. The van der Waals surface area contributed by atoms with Gasteiger partial charge in [0.05, 0.1) is 6.04 Å². The molecule has 3 amide bonds. The summed E-state index contributed by atoms with van der Waals surface area (Å²) in [5, 5.41) is 17.4. The molecule has 0 heterocycles. The van der Waals surface area contributed by atoms with Gasteiger partial charge < -0.3 is 44.0 Å². The molecule has 0 saturated heterocycles. The lowest BCUT2D eigenvalue weighted by Crippen LogP contribution is -2.57. The van der Waals surface area contributed by atoms with Crippen LogP contribution in [0.15, 0.2) is 4.99 Å². The second-order valence-corrected chi connectivity index (χ2v) is 10.3. The number of nitrogens with two attached hydrogens (primary N) is 4. The number of carbonyl (C=O) groups excluding carboxylic acids is 3. The number of hydrogen-bond donors (Lipinski definition) is 8. The van der Waals surface area contributed by atoms with Gasteiger partial charge in [-0.1, -0.05) is 13.8 Å². The summed E-state index contributed by atoms with van der Waals surface area (Å²) in [7, 11) is 0. The Morgan fingerprint density at radius 1 is 0.865 bits per heavy atom. The minimum Gasteiger partial charge on any atom is -0.480 e. The Hall–Kier alpha value is -2.58. The molecule has 37 heavy (non-hydrogen) atoms. The van der Waals surface area contributed by atoms with Gasteiger partial charge in [0, 0.05) is 6.54 Å². The van der Waals surface area contributed by atoms with Crippen LogP contribution in [0.2, 0.25) is 0 Å². The molecular weight excluding hydrogens is 500 g/mol. The van der Waals surface area contributed by atoms with Gasteiger partial charge in [-0.3, -0.25) is 19.4 Å². The highest BCUT2D eigenvalue weighted by molar-refractivity contribution is 7.98. The van der Waals surface area contributed by atoms with E-state index in [1.165, 1.54) is 11.8 Å². The molecule has 0 aliphatic heterocycles. The van der Waals surface area contributed by atoms with Crippen LogP contribution in [0, 0.1) is 5.92 Å². The summed E-state index contributed by atoms with van der Waals surface area (Å²) in [4.78, 5) is 54.2. The van der Waals surface area contributed by atoms with Crippen LogP contribution in [0.4, 0.5) is 0 Å². The lowest BCUT2D eigenvalue weighted by atomic mass is 10.0. The summed E-state index contributed by atoms with van der Waals surface area (Å²) in [5.74, 6) is -2.20. The number of nitrogens with zero attached hydrogens (tertiary/aromatic N) is 1. The molecule has 0 aromatic heterocycles. The van der Waals surface area contributed by atoms with Gasteiger partial charge in [-0.25, -0.2) is 4.79 Å². The average molecular weight is 547 g/mol. The summed E-state index contributed by atoms with van der Waals surface area (Å²) in [6.45, 7) is 4.45. The topological polar surface area (TPSA) is 241 Å². The van der Waals surface area contributed by atoms with Gasteiger partial charge in [-0.05, 0) is 69.4 Å². The number of thioether (sulfide) groups is 1. The van der Waals surface area contributed by atoms with Crippen LogP contribution in [0.3, 0.4) is 0 Å². The van der Waals surface area contributed by atoms with Crippen LogP contribution in [-0.2, 0) is 19.2 Å². The predicted octanol–water partition coefficient (Wildman–Crippen LogP) is -1.17. The Morgan fingerprint density at radius 2 is 1.43 bits per heavy atom. The van der Waals surface area contributed by atoms with E-state index in [2.05, 4.69) is 20.9 Å². The number of aliphatic carboxylic acids is 1. The largest absolute Gasteiger partial charge is 0.480 e. The Morgan fingerprint density at radius 3 is 1.95 bits per heavy atom. The fourth-order valence-corrected chi connectivity index (χ4v) is 3.90. The third-order valence-electron chi connectivity index (χ3n) is 5.45. The van der Waals surface area contributed by atoms with Crippen LogP contribution in [0.5, 0.6) is 0 Å². The first-order valence-corrected chi connectivity index (χ1v) is 14.0. The van der Waals surface area contributed by atoms with Crippen molar-refractivity contribution >= 4 is 41.4 Å². The number of guanidine groups is 1. The summed E-state index contributed by atoms with van der Waals surface area (Å²) in [6.07, 6.45) is 4.70. The lowest BCUT2D eigenvalue weighted by molar-refractivity contribution is -0.142. The molecule has 14 heteroatoms. The molecular formula is C23H46N8O5S. The van der Waals surface area contributed by atoms with Crippen molar-refractivity contribution in [3.63, 3.8) is 0 Å². The van der Waals surface area contributed by atoms with Crippen molar-refractivity contribution in [3.8, 4) is 0 Å². The quantitative estimate of drug-likeness (QED) is 0.0517. The van der Waals surface area contributed by atoms with Crippen molar-refractivity contribution in [2.24, 2.45) is 33.8 Å². The van der Waals surface area contributed by atoms with Gasteiger partial charge in [0.15, 0.2) is 5.96 Å². The van der Waals surface area contributed by atoms with Gasteiger partial charge in [0.25, 0.3) is 0 Å². The molecule has 0 spiro atoms. The average Bonchev–Trinajstić information content (AvgIpc) is 2.82. The molecule has 214 valence electrons. The number of rotatable bonds is 20. The summed E-state index contributed by atoms with van der Waals surface area (Å²) in [5.41, 5.74) is 22.1. The minimum atomic E-state index is -1.15.